The van der Waals surface area contributed by atoms with Gasteiger partial charge >= 0.3 is 0 Å². The molecule has 0 aromatic carbocycles. The van der Waals surface area contributed by atoms with Crippen LogP contribution in [0.4, 0.5) is 0 Å². The van der Waals surface area contributed by atoms with E-state index in [0.717, 1.165) is 33.9 Å². The zero-order valence-electron chi connectivity index (χ0n) is 11.6. The van der Waals surface area contributed by atoms with Crippen LogP contribution in [-0.4, -0.2) is 19.7 Å². The van der Waals surface area contributed by atoms with Gasteiger partial charge in [-0.3, -0.25) is 4.98 Å². The molecule has 0 amide bonds. The van der Waals surface area contributed by atoms with Gasteiger partial charge in [-0.1, -0.05) is 5.16 Å². The predicted molar refractivity (Wildman–Crippen MR) is 76.9 cm³/mol. The van der Waals surface area contributed by atoms with Gasteiger partial charge in [-0.15, -0.1) is 11.6 Å². The molecule has 0 fully saturated rings. The first-order valence-corrected chi connectivity index (χ1v) is 6.87. The van der Waals surface area contributed by atoms with Gasteiger partial charge < -0.3 is 9.09 Å². The van der Waals surface area contributed by atoms with Gasteiger partial charge in [-0.2, -0.15) is 0 Å². The molecule has 0 radical (unpaired) electrons. The van der Waals surface area contributed by atoms with Gasteiger partial charge in [0.15, 0.2) is 0 Å². The lowest BCUT2D eigenvalue weighted by Gasteiger charge is -2.10. The van der Waals surface area contributed by atoms with E-state index >= 15 is 0 Å². The highest BCUT2D eigenvalue weighted by molar-refractivity contribution is 6.20. The SMILES string of the molecule is Cc1noc(C)c1Cn1c(C(C)Cl)nc2cnccc21. The normalized spacial score (nSPS) is 13.0. The van der Waals surface area contributed by atoms with Crippen LogP contribution in [0.2, 0.25) is 0 Å². The van der Waals surface area contributed by atoms with Crippen LogP contribution in [-0.2, 0) is 6.54 Å². The number of rotatable bonds is 3. The fourth-order valence-corrected chi connectivity index (χ4v) is 2.52. The summed E-state index contributed by atoms with van der Waals surface area (Å²) in [7, 11) is 0. The van der Waals surface area contributed by atoms with Crippen LogP contribution in [0.5, 0.6) is 0 Å². The van der Waals surface area contributed by atoms with Crippen LogP contribution in [0.3, 0.4) is 0 Å². The number of pyridine rings is 1. The molecule has 0 aliphatic heterocycles. The fraction of sp³-hybridized carbons (Fsp3) is 0.357. The number of fused-ring (bicyclic) bond motifs is 1. The van der Waals surface area contributed by atoms with E-state index in [1.54, 1.807) is 12.4 Å². The number of halogens is 1. The zero-order valence-corrected chi connectivity index (χ0v) is 12.3. The Hall–Kier alpha value is -1.88. The molecule has 1 unspecified atom stereocenters. The van der Waals surface area contributed by atoms with Gasteiger partial charge in [-0.25, -0.2) is 4.98 Å². The molecular formula is C14H15ClN4O. The Bertz CT molecular complexity index is 740. The molecule has 0 aliphatic rings. The van der Waals surface area contributed by atoms with E-state index < -0.39 is 0 Å². The second-order valence-corrected chi connectivity index (χ2v) is 5.49. The molecule has 0 spiro atoms. The molecule has 3 heterocycles. The van der Waals surface area contributed by atoms with Crippen LogP contribution in [0.25, 0.3) is 11.0 Å². The summed E-state index contributed by atoms with van der Waals surface area (Å²) in [5.41, 5.74) is 3.83. The lowest BCUT2D eigenvalue weighted by molar-refractivity contribution is 0.392. The van der Waals surface area contributed by atoms with Crippen molar-refractivity contribution in [1.29, 1.82) is 0 Å². The van der Waals surface area contributed by atoms with Crippen molar-refractivity contribution in [1.82, 2.24) is 19.7 Å². The van der Waals surface area contributed by atoms with Gasteiger partial charge in [0.1, 0.15) is 17.1 Å². The summed E-state index contributed by atoms with van der Waals surface area (Å²) in [6.07, 6.45) is 3.51. The van der Waals surface area contributed by atoms with Crippen molar-refractivity contribution < 1.29 is 4.52 Å². The van der Waals surface area contributed by atoms with Gasteiger partial charge in [0.25, 0.3) is 0 Å². The molecule has 3 aromatic heterocycles. The average molecular weight is 291 g/mol. The Morgan fingerprint density at radius 2 is 2.20 bits per heavy atom. The van der Waals surface area contributed by atoms with E-state index in [1.165, 1.54) is 0 Å². The van der Waals surface area contributed by atoms with Crippen LogP contribution < -0.4 is 0 Å². The lowest BCUT2D eigenvalue weighted by atomic mass is 10.2. The third-order valence-electron chi connectivity index (χ3n) is 3.43. The molecule has 6 heteroatoms. The van der Waals surface area contributed by atoms with E-state index in [2.05, 4.69) is 19.7 Å². The lowest BCUT2D eigenvalue weighted by Crippen LogP contribution is -2.07. The van der Waals surface area contributed by atoms with E-state index in [-0.39, 0.29) is 5.38 Å². The summed E-state index contributed by atoms with van der Waals surface area (Å²) in [4.78, 5) is 8.68. The van der Waals surface area contributed by atoms with E-state index in [0.29, 0.717) is 6.54 Å². The van der Waals surface area contributed by atoms with Gasteiger partial charge in [-0.05, 0) is 26.8 Å². The van der Waals surface area contributed by atoms with Crippen molar-refractivity contribution in [2.45, 2.75) is 32.7 Å². The minimum atomic E-state index is -0.178. The molecule has 104 valence electrons. The van der Waals surface area contributed by atoms with Crippen molar-refractivity contribution in [2.24, 2.45) is 0 Å². The Kier molecular flexibility index (Phi) is 3.22. The molecular weight excluding hydrogens is 276 g/mol. The maximum Gasteiger partial charge on any atom is 0.138 e. The monoisotopic (exact) mass is 290 g/mol. The number of imidazole rings is 1. The highest BCUT2D eigenvalue weighted by atomic mass is 35.5. The summed E-state index contributed by atoms with van der Waals surface area (Å²) in [5.74, 6) is 1.65. The third kappa shape index (κ3) is 2.08. The van der Waals surface area contributed by atoms with Crippen molar-refractivity contribution in [2.75, 3.05) is 0 Å². The first kappa shape index (κ1) is 13.1. The highest BCUT2D eigenvalue weighted by Crippen LogP contribution is 2.26. The fourth-order valence-electron chi connectivity index (χ4n) is 2.36. The minimum Gasteiger partial charge on any atom is -0.361 e. The maximum absolute atomic E-state index is 6.26. The molecule has 3 rings (SSSR count). The first-order valence-electron chi connectivity index (χ1n) is 6.44. The Morgan fingerprint density at radius 1 is 1.40 bits per heavy atom. The molecule has 1 atom stereocenters. The van der Waals surface area contributed by atoms with Crippen LogP contribution in [0.1, 0.15) is 35.1 Å². The van der Waals surface area contributed by atoms with Crippen molar-refractivity contribution in [3.05, 3.63) is 41.3 Å². The molecule has 5 nitrogen and oxygen atoms in total. The van der Waals surface area contributed by atoms with Crippen LogP contribution in [0, 0.1) is 13.8 Å². The zero-order chi connectivity index (χ0) is 14.3. The number of nitrogens with zero attached hydrogens (tertiary/aromatic N) is 4. The first-order chi connectivity index (χ1) is 9.58. The Morgan fingerprint density at radius 3 is 2.85 bits per heavy atom. The molecule has 0 N–H and O–H groups in total. The second kappa shape index (κ2) is 4.90. The average Bonchev–Trinajstić information content (AvgIpc) is 2.94. The summed E-state index contributed by atoms with van der Waals surface area (Å²) >= 11 is 6.26. The number of hydrogen-bond donors (Lipinski definition) is 0. The summed E-state index contributed by atoms with van der Waals surface area (Å²) < 4.78 is 7.33. The van der Waals surface area contributed by atoms with Crippen LogP contribution in [0.15, 0.2) is 23.0 Å². The quantitative estimate of drug-likeness (QED) is 0.694. The number of aromatic nitrogens is 4. The van der Waals surface area contributed by atoms with Crippen molar-refractivity contribution in [3.8, 4) is 0 Å². The topological polar surface area (TPSA) is 56.7 Å². The molecule has 0 saturated heterocycles. The summed E-state index contributed by atoms with van der Waals surface area (Å²) in [6, 6.07) is 1.95. The van der Waals surface area contributed by atoms with E-state index in [1.807, 2.05) is 26.8 Å². The second-order valence-electron chi connectivity index (χ2n) is 4.84. The van der Waals surface area contributed by atoms with Gasteiger partial charge in [0.05, 0.1) is 29.3 Å². The number of hydrogen-bond acceptors (Lipinski definition) is 4. The standard InChI is InChI=1S/C14H15ClN4O/c1-8(15)14-17-12-6-16-5-4-13(12)19(14)7-11-9(2)18-20-10(11)3/h4-6,8H,7H2,1-3H3. The molecule has 0 bridgehead atoms. The van der Waals surface area contributed by atoms with Crippen molar-refractivity contribution >= 4 is 22.6 Å². The predicted octanol–water partition coefficient (Wildman–Crippen LogP) is 3.38. The van der Waals surface area contributed by atoms with Crippen molar-refractivity contribution in [3.63, 3.8) is 0 Å². The smallest absolute Gasteiger partial charge is 0.138 e. The van der Waals surface area contributed by atoms with Gasteiger partial charge in [0, 0.05) is 11.8 Å². The maximum atomic E-state index is 6.26. The Labute approximate surface area is 121 Å². The number of alkyl halides is 1. The molecule has 0 saturated carbocycles. The molecule has 0 aliphatic carbocycles. The van der Waals surface area contributed by atoms with Gasteiger partial charge in [0.2, 0.25) is 0 Å². The van der Waals surface area contributed by atoms with Crippen LogP contribution >= 0.6 is 11.6 Å². The molecule has 3 aromatic rings. The number of aryl methyl sites for hydroxylation is 2. The van der Waals surface area contributed by atoms with E-state index in [4.69, 9.17) is 16.1 Å². The third-order valence-corrected chi connectivity index (χ3v) is 3.63. The summed E-state index contributed by atoms with van der Waals surface area (Å²) in [6.45, 7) is 6.42. The Balaban J connectivity index is 2.17. The molecule has 20 heavy (non-hydrogen) atoms. The summed E-state index contributed by atoms with van der Waals surface area (Å²) in [5, 5.41) is 3.82. The van der Waals surface area contributed by atoms with E-state index in [9.17, 15) is 0 Å². The highest BCUT2D eigenvalue weighted by Gasteiger charge is 2.18. The minimum absolute atomic E-state index is 0.178. The largest absolute Gasteiger partial charge is 0.361 e.